The summed E-state index contributed by atoms with van der Waals surface area (Å²) >= 11 is 0. The first-order valence-corrected chi connectivity index (χ1v) is 12.1. The minimum absolute atomic E-state index is 0.0258. The van der Waals surface area contributed by atoms with Crippen molar-refractivity contribution in [1.82, 2.24) is 4.72 Å². The number of amides is 1. The van der Waals surface area contributed by atoms with Crippen LogP contribution in [0.15, 0.2) is 41.3 Å². The summed E-state index contributed by atoms with van der Waals surface area (Å²) in [5.74, 6) is 1.16. The maximum absolute atomic E-state index is 13.0. The fourth-order valence-electron chi connectivity index (χ4n) is 4.40. The van der Waals surface area contributed by atoms with Crippen molar-refractivity contribution in [3.05, 3.63) is 47.5 Å². The number of carbonyl (C=O) groups is 1. The maximum atomic E-state index is 13.0. The van der Waals surface area contributed by atoms with Gasteiger partial charge in [-0.3, -0.25) is 4.79 Å². The Balaban J connectivity index is 1.49. The highest BCUT2D eigenvalue weighted by Crippen LogP contribution is 2.32. The van der Waals surface area contributed by atoms with Gasteiger partial charge in [0.15, 0.2) is 11.5 Å². The summed E-state index contributed by atoms with van der Waals surface area (Å²) in [4.78, 5) is 15.0. The normalized spacial score (nSPS) is 16.4. The molecule has 1 fully saturated rings. The van der Waals surface area contributed by atoms with Gasteiger partial charge in [-0.15, -0.1) is 0 Å². The first kappa shape index (κ1) is 21.6. The minimum atomic E-state index is -3.55. The second-order valence-electron chi connectivity index (χ2n) is 8.05. The molecule has 1 aliphatic heterocycles. The Labute approximate surface area is 183 Å². The van der Waals surface area contributed by atoms with Gasteiger partial charge in [0, 0.05) is 18.3 Å². The average molecular weight is 445 g/mol. The number of anilines is 1. The van der Waals surface area contributed by atoms with Crippen LogP contribution < -0.4 is 19.1 Å². The number of nitrogens with one attached hydrogen (secondary N) is 1. The van der Waals surface area contributed by atoms with E-state index in [0.29, 0.717) is 24.5 Å². The third-order valence-corrected chi connectivity index (χ3v) is 7.56. The van der Waals surface area contributed by atoms with Gasteiger partial charge >= 0.3 is 0 Å². The number of benzene rings is 2. The highest BCUT2D eigenvalue weighted by Gasteiger charge is 2.28. The van der Waals surface area contributed by atoms with Crippen LogP contribution in [-0.2, 0) is 27.7 Å². The number of sulfonamides is 1. The lowest BCUT2D eigenvalue weighted by atomic mass is 10.1. The van der Waals surface area contributed by atoms with Gasteiger partial charge in [0.2, 0.25) is 15.9 Å². The van der Waals surface area contributed by atoms with E-state index in [2.05, 4.69) is 4.72 Å². The van der Waals surface area contributed by atoms with E-state index >= 15 is 0 Å². The Kier molecular flexibility index (Phi) is 6.20. The maximum Gasteiger partial charge on any atom is 0.240 e. The molecule has 2 aliphatic rings. The van der Waals surface area contributed by atoms with Gasteiger partial charge in [-0.1, -0.05) is 18.9 Å². The van der Waals surface area contributed by atoms with Crippen molar-refractivity contribution in [1.29, 1.82) is 0 Å². The van der Waals surface area contributed by atoms with Crippen LogP contribution in [0.3, 0.4) is 0 Å². The topological polar surface area (TPSA) is 84.9 Å². The third-order valence-electron chi connectivity index (χ3n) is 6.04. The summed E-state index contributed by atoms with van der Waals surface area (Å²) in [7, 11) is -0.411. The van der Waals surface area contributed by atoms with Crippen molar-refractivity contribution in [2.45, 2.75) is 49.5 Å². The van der Waals surface area contributed by atoms with Crippen LogP contribution in [0.1, 0.15) is 36.8 Å². The van der Waals surface area contributed by atoms with Crippen molar-refractivity contribution in [3.8, 4) is 11.5 Å². The number of fused-ring (bicyclic) bond motifs is 1. The van der Waals surface area contributed by atoms with E-state index in [1.807, 2.05) is 6.07 Å². The third kappa shape index (κ3) is 4.55. The van der Waals surface area contributed by atoms with Crippen molar-refractivity contribution in [3.63, 3.8) is 0 Å². The molecule has 0 spiro atoms. The standard InChI is InChI=1S/C23H28N2O5S/c1-29-21-10-7-16(13-22(21)30-2)14-23(26)25-12-11-17-15-19(8-9-20(17)25)31(27,28)24-18-5-3-4-6-18/h7-10,13,15,18,24H,3-6,11-12,14H2,1-2H3. The second-order valence-corrected chi connectivity index (χ2v) is 9.77. The molecule has 0 saturated heterocycles. The van der Waals surface area contributed by atoms with Crippen LogP contribution >= 0.6 is 0 Å². The summed E-state index contributed by atoms with van der Waals surface area (Å²) in [6.45, 7) is 0.543. The highest BCUT2D eigenvalue weighted by atomic mass is 32.2. The molecule has 0 bridgehead atoms. The monoisotopic (exact) mass is 444 g/mol. The number of rotatable bonds is 7. The largest absolute Gasteiger partial charge is 0.493 e. The average Bonchev–Trinajstić information content (AvgIpc) is 3.42. The molecule has 0 unspecified atom stereocenters. The number of hydrogen-bond donors (Lipinski definition) is 1. The molecule has 1 aliphatic carbocycles. The van der Waals surface area contributed by atoms with E-state index in [9.17, 15) is 13.2 Å². The van der Waals surface area contributed by atoms with E-state index < -0.39 is 10.0 Å². The number of ether oxygens (including phenoxy) is 2. The Morgan fingerprint density at radius 3 is 2.52 bits per heavy atom. The number of carbonyl (C=O) groups excluding carboxylic acids is 1. The van der Waals surface area contributed by atoms with Crippen LogP contribution in [0.5, 0.6) is 11.5 Å². The van der Waals surface area contributed by atoms with Crippen LogP contribution in [0.4, 0.5) is 5.69 Å². The minimum Gasteiger partial charge on any atom is -0.493 e. The van der Waals surface area contributed by atoms with Crippen LogP contribution in [0, 0.1) is 0 Å². The molecule has 1 amide bonds. The lowest BCUT2D eigenvalue weighted by molar-refractivity contribution is -0.117. The molecular weight excluding hydrogens is 416 g/mol. The molecule has 2 aromatic carbocycles. The van der Waals surface area contributed by atoms with E-state index in [1.165, 1.54) is 0 Å². The molecule has 1 heterocycles. The van der Waals surface area contributed by atoms with E-state index in [-0.39, 0.29) is 23.3 Å². The summed E-state index contributed by atoms with van der Waals surface area (Å²) < 4.78 is 38.9. The predicted molar refractivity (Wildman–Crippen MR) is 118 cm³/mol. The highest BCUT2D eigenvalue weighted by molar-refractivity contribution is 7.89. The molecule has 1 saturated carbocycles. The Morgan fingerprint density at radius 1 is 1.06 bits per heavy atom. The first-order valence-electron chi connectivity index (χ1n) is 10.6. The second kappa shape index (κ2) is 8.88. The lowest BCUT2D eigenvalue weighted by Crippen LogP contribution is -2.32. The first-order chi connectivity index (χ1) is 14.9. The number of nitrogens with zero attached hydrogens (tertiary/aromatic N) is 1. The number of hydrogen-bond acceptors (Lipinski definition) is 5. The molecule has 8 heteroatoms. The van der Waals surface area contributed by atoms with Gasteiger partial charge in [-0.05, 0) is 60.7 Å². The SMILES string of the molecule is COc1ccc(CC(=O)N2CCc3cc(S(=O)(=O)NC4CCCC4)ccc32)cc1OC. The fourth-order valence-corrected chi connectivity index (χ4v) is 5.75. The lowest BCUT2D eigenvalue weighted by Gasteiger charge is -2.18. The molecule has 7 nitrogen and oxygen atoms in total. The quantitative estimate of drug-likeness (QED) is 0.710. The Morgan fingerprint density at radius 2 is 1.81 bits per heavy atom. The van der Waals surface area contributed by atoms with Crippen molar-refractivity contribution >= 4 is 21.6 Å². The predicted octanol–water partition coefficient (Wildman–Crippen LogP) is 3.06. The molecule has 4 rings (SSSR count). The molecular formula is C23H28N2O5S. The smallest absolute Gasteiger partial charge is 0.240 e. The zero-order valence-electron chi connectivity index (χ0n) is 17.9. The summed E-state index contributed by atoms with van der Waals surface area (Å²) in [5.41, 5.74) is 2.50. The molecule has 0 aromatic heterocycles. The van der Waals surface area contributed by atoms with Crippen molar-refractivity contribution in [2.75, 3.05) is 25.7 Å². The van der Waals surface area contributed by atoms with Gasteiger partial charge in [-0.2, -0.15) is 0 Å². The van der Waals surface area contributed by atoms with E-state index in [0.717, 1.165) is 42.5 Å². The summed E-state index contributed by atoms with van der Waals surface area (Å²) in [5, 5.41) is 0. The van der Waals surface area contributed by atoms with Crippen LogP contribution in [0.2, 0.25) is 0 Å². The summed E-state index contributed by atoms with van der Waals surface area (Å²) in [6, 6.07) is 10.5. The van der Waals surface area contributed by atoms with Gasteiger partial charge in [0.25, 0.3) is 0 Å². The van der Waals surface area contributed by atoms with Gasteiger partial charge in [0.1, 0.15) is 0 Å². The van der Waals surface area contributed by atoms with E-state index in [1.54, 1.807) is 49.5 Å². The fraction of sp³-hybridized carbons (Fsp3) is 0.435. The molecule has 0 atom stereocenters. The summed E-state index contributed by atoms with van der Waals surface area (Å²) in [6.07, 6.45) is 4.77. The van der Waals surface area contributed by atoms with Gasteiger partial charge in [-0.25, -0.2) is 13.1 Å². The van der Waals surface area contributed by atoms with Crippen LogP contribution in [0.25, 0.3) is 0 Å². The molecule has 166 valence electrons. The van der Waals surface area contributed by atoms with Crippen molar-refractivity contribution < 1.29 is 22.7 Å². The van der Waals surface area contributed by atoms with Gasteiger partial charge in [0.05, 0.1) is 25.5 Å². The van der Waals surface area contributed by atoms with Gasteiger partial charge < -0.3 is 14.4 Å². The zero-order valence-corrected chi connectivity index (χ0v) is 18.7. The van der Waals surface area contributed by atoms with Crippen LogP contribution in [-0.4, -0.2) is 41.1 Å². The number of methoxy groups -OCH3 is 2. The molecule has 0 radical (unpaired) electrons. The Bertz CT molecular complexity index is 1080. The molecule has 31 heavy (non-hydrogen) atoms. The molecule has 1 N–H and O–H groups in total. The van der Waals surface area contributed by atoms with E-state index in [4.69, 9.17) is 9.47 Å². The Hall–Kier alpha value is -2.58. The molecule has 2 aromatic rings. The van der Waals surface area contributed by atoms with Crippen molar-refractivity contribution in [2.24, 2.45) is 0 Å². The zero-order chi connectivity index (χ0) is 22.0.